The van der Waals surface area contributed by atoms with Crippen LogP contribution in [-0.4, -0.2) is 41.8 Å². The Labute approximate surface area is 145 Å². The highest BCUT2D eigenvalue weighted by atomic mass is 32.1. The highest BCUT2D eigenvalue weighted by molar-refractivity contribution is 7.81. The van der Waals surface area contributed by atoms with Crippen molar-refractivity contribution in [1.82, 2.24) is 19.8 Å². The van der Waals surface area contributed by atoms with Gasteiger partial charge in [-0.25, -0.2) is 14.9 Å². The van der Waals surface area contributed by atoms with Gasteiger partial charge in [0.1, 0.15) is 5.71 Å². The van der Waals surface area contributed by atoms with Gasteiger partial charge in [-0.1, -0.05) is 13.8 Å². The lowest BCUT2D eigenvalue weighted by molar-refractivity contribution is -0.137. The van der Waals surface area contributed by atoms with Gasteiger partial charge in [0.15, 0.2) is 5.82 Å². The summed E-state index contributed by atoms with van der Waals surface area (Å²) in [5, 5.41) is 16.7. The molecule has 1 aromatic heterocycles. The van der Waals surface area contributed by atoms with Crippen LogP contribution in [0.25, 0.3) is 0 Å². The molecule has 1 heterocycles. The molecule has 9 nitrogen and oxygen atoms in total. The largest absolute Gasteiger partial charge is 0.481 e. The predicted octanol–water partition coefficient (Wildman–Crippen LogP) is 0.385. The van der Waals surface area contributed by atoms with Crippen molar-refractivity contribution in [3.63, 3.8) is 0 Å². The molecule has 0 aliphatic heterocycles. The molecule has 0 unspecified atom stereocenters. The van der Waals surface area contributed by atoms with Gasteiger partial charge in [-0.15, -0.1) is 5.10 Å². The van der Waals surface area contributed by atoms with Gasteiger partial charge in [-0.3, -0.25) is 14.2 Å². The van der Waals surface area contributed by atoms with Crippen LogP contribution in [0.15, 0.2) is 9.90 Å². The van der Waals surface area contributed by atoms with Crippen LogP contribution in [-0.2, 0) is 23.2 Å². The summed E-state index contributed by atoms with van der Waals surface area (Å²) in [4.78, 5) is 34.3. The number of nitrogens with one attached hydrogen (secondary N) is 1. The lowest BCUT2D eigenvalue weighted by Gasteiger charge is -2.15. The summed E-state index contributed by atoms with van der Waals surface area (Å²) < 4.78 is 2.04. The van der Waals surface area contributed by atoms with Crippen molar-refractivity contribution in [3.05, 3.63) is 16.3 Å². The van der Waals surface area contributed by atoms with E-state index in [1.807, 2.05) is 13.8 Å². The quantitative estimate of drug-likeness (QED) is 0.353. The van der Waals surface area contributed by atoms with E-state index in [1.54, 1.807) is 6.92 Å². The first-order chi connectivity index (χ1) is 11.0. The number of carbonyl (C=O) groups is 2. The molecule has 0 atom stereocenters. The van der Waals surface area contributed by atoms with Crippen LogP contribution in [0.2, 0.25) is 0 Å². The molecule has 0 aromatic carbocycles. The second kappa shape index (κ2) is 8.13. The number of rotatable bonds is 8. The standard InChI is InChI=1S/C14H23N5O4S/c1-9(15-16-10(20)8-14(2,3)24)12-17-19(13(23)18(12)4)7-5-6-11(21)22/h24H,5-8H2,1-4H3,(H,16,20)(H,21,22)/b15-9-. The van der Waals surface area contributed by atoms with Crippen LogP contribution in [0, 0.1) is 0 Å². The van der Waals surface area contributed by atoms with Gasteiger partial charge in [0, 0.05) is 31.2 Å². The number of aliphatic carboxylic acids is 1. The molecular formula is C14H23N5O4S. The normalized spacial score (nSPS) is 12.3. The van der Waals surface area contributed by atoms with Crippen molar-refractivity contribution in [3.8, 4) is 0 Å². The zero-order valence-corrected chi connectivity index (χ0v) is 15.1. The Balaban J connectivity index is 2.82. The molecule has 0 bridgehead atoms. The minimum absolute atomic E-state index is 0.0407. The molecule has 0 aliphatic rings. The van der Waals surface area contributed by atoms with E-state index in [9.17, 15) is 14.4 Å². The summed E-state index contributed by atoms with van der Waals surface area (Å²) in [5.74, 6) is -0.909. The van der Waals surface area contributed by atoms with E-state index in [0.29, 0.717) is 18.0 Å². The number of thiol groups is 1. The maximum atomic E-state index is 12.1. The van der Waals surface area contributed by atoms with Crippen LogP contribution in [0.3, 0.4) is 0 Å². The monoisotopic (exact) mass is 357 g/mol. The molecule has 0 saturated carbocycles. The molecule has 0 radical (unpaired) electrons. The Bertz CT molecular complexity index is 699. The molecule has 1 aromatic rings. The molecule has 0 aliphatic carbocycles. The number of aryl methyl sites for hydroxylation is 1. The number of hydrogen-bond acceptors (Lipinski definition) is 6. The van der Waals surface area contributed by atoms with Crippen molar-refractivity contribution in [2.24, 2.45) is 12.1 Å². The Kier molecular flexibility index (Phi) is 6.76. The number of hydrazone groups is 1. The van der Waals surface area contributed by atoms with Gasteiger partial charge < -0.3 is 5.11 Å². The Morgan fingerprint density at radius 2 is 2.04 bits per heavy atom. The van der Waals surface area contributed by atoms with Gasteiger partial charge in [-0.2, -0.15) is 17.7 Å². The predicted molar refractivity (Wildman–Crippen MR) is 92.4 cm³/mol. The molecule has 0 spiro atoms. The summed E-state index contributed by atoms with van der Waals surface area (Å²) in [6, 6.07) is 0. The highest BCUT2D eigenvalue weighted by Crippen LogP contribution is 2.16. The molecule has 134 valence electrons. The number of amides is 1. The van der Waals surface area contributed by atoms with E-state index in [1.165, 1.54) is 16.3 Å². The third kappa shape index (κ3) is 6.19. The van der Waals surface area contributed by atoms with Crippen molar-refractivity contribution < 1.29 is 14.7 Å². The van der Waals surface area contributed by atoms with Crippen LogP contribution in [0.1, 0.15) is 45.9 Å². The van der Waals surface area contributed by atoms with E-state index in [4.69, 9.17) is 5.11 Å². The maximum absolute atomic E-state index is 12.1. The Hall–Kier alpha value is -2.10. The first-order valence-corrected chi connectivity index (χ1v) is 7.87. The Morgan fingerprint density at radius 1 is 1.42 bits per heavy atom. The molecule has 2 N–H and O–H groups in total. The smallest absolute Gasteiger partial charge is 0.345 e. The topological polar surface area (TPSA) is 119 Å². The second-order valence-electron chi connectivity index (χ2n) is 6.11. The van der Waals surface area contributed by atoms with E-state index in [0.717, 1.165) is 0 Å². The van der Waals surface area contributed by atoms with Gasteiger partial charge >= 0.3 is 11.7 Å². The van der Waals surface area contributed by atoms with Gasteiger partial charge in [0.2, 0.25) is 5.91 Å². The summed E-state index contributed by atoms with van der Waals surface area (Å²) in [7, 11) is 1.54. The minimum atomic E-state index is -0.924. The fourth-order valence-electron chi connectivity index (χ4n) is 1.96. The molecular weight excluding hydrogens is 334 g/mol. The number of carboxylic acids is 1. The van der Waals surface area contributed by atoms with Crippen LogP contribution in [0.4, 0.5) is 0 Å². The van der Waals surface area contributed by atoms with Crippen LogP contribution < -0.4 is 11.1 Å². The van der Waals surface area contributed by atoms with Crippen molar-refractivity contribution in [2.45, 2.75) is 51.3 Å². The molecule has 0 saturated heterocycles. The fraction of sp³-hybridized carbons (Fsp3) is 0.643. The van der Waals surface area contributed by atoms with Gasteiger partial charge in [-0.05, 0) is 13.3 Å². The molecule has 1 rings (SSSR count). The van der Waals surface area contributed by atoms with Crippen LogP contribution in [0.5, 0.6) is 0 Å². The molecule has 0 fully saturated rings. The van der Waals surface area contributed by atoms with Crippen molar-refractivity contribution in [1.29, 1.82) is 0 Å². The zero-order chi connectivity index (χ0) is 18.5. The first kappa shape index (κ1) is 19.9. The average molecular weight is 357 g/mol. The number of carboxylic acid groups (broad SMARTS) is 1. The van der Waals surface area contributed by atoms with E-state index >= 15 is 0 Å². The summed E-state index contributed by atoms with van der Waals surface area (Å²) in [5.41, 5.74) is 2.41. The lowest BCUT2D eigenvalue weighted by Crippen LogP contribution is -2.27. The number of nitrogens with zero attached hydrogens (tertiary/aromatic N) is 4. The summed E-state index contributed by atoms with van der Waals surface area (Å²) in [6.45, 7) is 5.45. The zero-order valence-electron chi connectivity index (χ0n) is 14.2. The van der Waals surface area contributed by atoms with Crippen molar-refractivity contribution in [2.75, 3.05) is 0 Å². The maximum Gasteiger partial charge on any atom is 0.345 e. The van der Waals surface area contributed by atoms with E-state index < -0.39 is 10.7 Å². The van der Waals surface area contributed by atoms with Crippen LogP contribution >= 0.6 is 12.6 Å². The number of hydrogen-bond donors (Lipinski definition) is 3. The molecule has 10 heteroatoms. The fourth-order valence-corrected chi connectivity index (χ4v) is 2.10. The summed E-state index contributed by atoms with van der Waals surface area (Å²) >= 11 is 4.28. The van der Waals surface area contributed by atoms with E-state index in [-0.39, 0.29) is 31.0 Å². The van der Waals surface area contributed by atoms with Crippen molar-refractivity contribution >= 4 is 30.2 Å². The minimum Gasteiger partial charge on any atom is -0.481 e. The number of aromatic nitrogens is 3. The number of carbonyl (C=O) groups excluding carboxylic acids is 1. The SMILES string of the molecule is C/C(=N/NC(=O)CC(C)(C)S)c1nn(CCCC(=O)O)c(=O)n1C. The Morgan fingerprint density at radius 3 is 2.58 bits per heavy atom. The third-order valence-corrected chi connectivity index (χ3v) is 3.22. The first-order valence-electron chi connectivity index (χ1n) is 7.43. The third-order valence-electron chi connectivity index (χ3n) is 3.07. The highest BCUT2D eigenvalue weighted by Gasteiger charge is 2.17. The van der Waals surface area contributed by atoms with Gasteiger partial charge in [0.25, 0.3) is 0 Å². The second-order valence-corrected chi connectivity index (χ2v) is 7.32. The summed E-state index contributed by atoms with van der Waals surface area (Å²) in [6.07, 6.45) is 0.450. The van der Waals surface area contributed by atoms with E-state index in [2.05, 4.69) is 28.3 Å². The lowest BCUT2D eigenvalue weighted by atomic mass is 10.1. The molecule has 24 heavy (non-hydrogen) atoms. The molecule has 1 amide bonds. The van der Waals surface area contributed by atoms with Gasteiger partial charge in [0.05, 0.1) is 0 Å². The average Bonchev–Trinajstić information content (AvgIpc) is 2.71.